The van der Waals surface area contributed by atoms with Gasteiger partial charge in [-0.15, -0.1) is 0 Å². The van der Waals surface area contributed by atoms with Crippen LogP contribution in [0.2, 0.25) is 0 Å². The predicted octanol–water partition coefficient (Wildman–Crippen LogP) is 2.28. The summed E-state index contributed by atoms with van der Waals surface area (Å²) in [5.74, 6) is 0.0439. The summed E-state index contributed by atoms with van der Waals surface area (Å²) in [5, 5.41) is 8.81. The van der Waals surface area contributed by atoms with Gasteiger partial charge in [0, 0.05) is 18.9 Å². The SMILES string of the molecule is CCC(=O)OCC(C)c1ccc(CCO)cc1. The van der Waals surface area contributed by atoms with Crippen LogP contribution in [0.4, 0.5) is 0 Å². The van der Waals surface area contributed by atoms with Crippen molar-refractivity contribution >= 4 is 5.97 Å². The molecule has 0 saturated heterocycles. The molecule has 17 heavy (non-hydrogen) atoms. The first-order valence-corrected chi connectivity index (χ1v) is 6.02. The van der Waals surface area contributed by atoms with E-state index in [9.17, 15) is 4.79 Å². The van der Waals surface area contributed by atoms with Gasteiger partial charge in [0.25, 0.3) is 0 Å². The molecule has 1 atom stereocenters. The maximum atomic E-state index is 11.0. The lowest BCUT2D eigenvalue weighted by atomic mass is 10.00. The molecule has 0 fully saturated rings. The number of carbonyl (C=O) groups excluding carboxylic acids is 1. The van der Waals surface area contributed by atoms with E-state index >= 15 is 0 Å². The van der Waals surface area contributed by atoms with Crippen molar-refractivity contribution in [3.05, 3.63) is 35.4 Å². The maximum Gasteiger partial charge on any atom is 0.305 e. The Labute approximate surface area is 102 Å². The second kappa shape index (κ2) is 7.07. The number of benzene rings is 1. The van der Waals surface area contributed by atoms with E-state index in [4.69, 9.17) is 9.84 Å². The minimum atomic E-state index is -0.159. The molecule has 1 N–H and O–H groups in total. The monoisotopic (exact) mass is 236 g/mol. The van der Waals surface area contributed by atoms with E-state index in [1.807, 2.05) is 31.2 Å². The van der Waals surface area contributed by atoms with E-state index in [0.717, 1.165) is 11.1 Å². The van der Waals surface area contributed by atoms with E-state index in [1.54, 1.807) is 6.92 Å². The lowest BCUT2D eigenvalue weighted by molar-refractivity contribution is -0.143. The Hall–Kier alpha value is -1.35. The van der Waals surface area contributed by atoms with Crippen molar-refractivity contribution in [2.75, 3.05) is 13.2 Å². The zero-order valence-corrected chi connectivity index (χ0v) is 10.5. The van der Waals surface area contributed by atoms with Gasteiger partial charge in [-0.25, -0.2) is 0 Å². The fourth-order valence-electron chi connectivity index (χ4n) is 1.56. The summed E-state index contributed by atoms with van der Waals surface area (Å²) in [4.78, 5) is 11.0. The smallest absolute Gasteiger partial charge is 0.305 e. The molecule has 0 spiro atoms. The number of carbonyl (C=O) groups is 1. The Morgan fingerprint density at radius 3 is 2.53 bits per heavy atom. The van der Waals surface area contributed by atoms with Gasteiger partial charge in [-0.05, 0) is 17.5 Å². The van der Waals surface area contributed by atoms with E-state index < -0.39 is 0 Å². The first kappa shape index (κ1) is 13.7. The van der Waals surface area contributed by atoms with Crippen LogP contribution in [0.15, 0.2) is 24.3 Å². The second-order valence-corrected chi connectivity index (χ2v) is 4.15. The molecule has 1 aromatic rings. The summed E-state index contributed by atoms with van der Waals surface area (Å²) in [6.07, 6.45) is 1.10. The lowest BCUT2D eigenvalue weighted by Crippen LogP contribution is -2.09. The first-order valence-electron chi connectivity index (χ1n) is 6.02. The summed E-state index contributed by atoms with van der Waals surface area (Å²) in [5.41, 5.74) is 2.27. The average Bonchev–Trinajstić information content (AvgIpc) is 2.36. The number of hydrogen-bond donors (Lipinski definition) is 1. The van der Waals surface area contributed by atoms with Gasteiger partial charge >= 0.3 is 5.97 Å². The fourth-order valence-corrected chi connectivity index (χ4v) is 1.56. The van der Waals surface area contributed by atoms with E-state index in [2.05, 4.69) is 0 Å². The molecule has 0 amide bonds. The summed E-state index contributed by atoms with van der Waals surface area (Å²) in [7, 11) is 0. The molecule has 0 aliphatic heterocycles. The zero-order chi connectivity index (χ0) is 12.7. The van der Waals surface area contributed by atoms with Crippen LogP contribution in [0.1, 0.15) is 37.3 Å². The average molecular weight is 236 g/mol. The summed E-state index contributed by atoms with van der Waals surface area (Å²) < 4.78 is 5.11. The highest BCUT2D eigenvalue weighted by Crippen LogP contribution is 2.16. The second-order valence-electron chi connectivity index (χ2n) is 4.15. The molecule has 0 heterocycles. The standard InChI is InChI=1S/C14H20O3/c1-3-14(16)17-10-11(2)13-6-4-12(5-7-13)8-9-15/h4-7,11,15H,3,8-10H2,1-2H3. The van der Waals surface area contributed by atoms with Crippen LogP contribution in [0.5, 0.6) is 0 Å². The van der Waals surface area contributed by atoms with Gasteiger partial charge in [-0.3, -0.25) is 4.79 Å². The van der Waals surface area contributed by atoms with Gasteiger partial charge in [0.15, 0.2) is 0 Å². The van der Waals surface area contributed by atoms with Crippen LogP contribution in [-0.2, 0) is 16.0 Å². The highest BCUT2D eigenvalue weighted by molar-refractivity contribution is 5.68. The third kappa shape index (κ3) is 4.57. The number of hydrogen-bond acceptors (Lipinski definition) is 3. The van der Waals surface area contributed by atoms with Crippen LogP contribution in [0, 0.1) is 0 Å². The topological polar surface area (TPSA) is 46.5 Å². The highest BCUT2D eigenvalue weighted by atomic mass is 16.5. The number of rotatable bonds is 6. The third-order valence-electron chi connectivity index (χ3n) is 2.73. The van der Waals surface area contributed by atoms with Crippen molar-refractivity contribution in [1.82, 2.24) is 0 Å². The van der Waals surface area contributed by atoms with Crippen LogP contribution in [0.3, 0.4) is 0 Å². The van der Waals surface area contributed by atoms with Crippen molar-refractivity contribution < 1.29 is 14.6 Å². The quantitative estimate of drug-likeness (QED) is 0.771. The van der Waals surface area contributed by atoms with Crippen molar-refractivity contribution in [2.24, 2.45) is 0 Å². The summed E-state index contributed by atoms with van der Waals surface area (Å²) in [6.45, 7) is 4.41. The minimum absolute atomic E-state index is 0.159. The Kier molecular flexibility index (Phi) is 5.70. The Balaban J connectivity index is 2.51. The van der Waals surface area contributed by atoms with E-state index in [1.165, 1.54) is 0 Å². The minimum Gasteiger partial charge on any atom is -0.465 e. The van der Waals surface area contributed by atoms with Gasteiger partial charge in [0.2, 0.25) is 0 Å². The van der Waals surface area contributed by atoms with Crippen molar-refractivity contribution in [3.8, 4) is 0 Å². The normalized spacial score (nSPS) is 12.2. The van der Waals surface area contributed by atoms with Gasteiger partial charge in [-0.2, -0.15) is 0 Å². The van der Waals surface area contributed by atoms with Crippen LogP contribution < -0.4 is 0 Å². The van der Waals surface area contributed by atoms with Gasteiger partial charge in [0.05, 0.1) is 6.61 Å². The Morgan fingerprint density at radius 2 is 2.00 bits per heavy atom. The molecule has 0 aliphatic carbocycles. The number of esters is 1. The largest absolute Gasteiger partial charge is 0.465 e. The van der Waals surface area contributed by atoms with Crippen molar-refractivity contribution in [2.45, 2.75) is 32.6 Å². The number of aliphatic hydroxyl groups is 1. The van der Waals surface area contributed by atoms with Crippen LogP contribution in [0.25, 0.3) is 0 Å². The molecular weight excluding hydrogens is 216 g/mol. The molecule has 1 rings (SSSR count). The van der Waals surface area contributed by atoms with Crippen LogP contribution in [-0.4, -0.2) is 24.3 Å². The van der Waals surface area contributed by atoms with E-state index in [0.29, 0.717) is 19.4 Å². The molecule has 1 unspecified atom stereocenters. The number of aliphatic hydroxyl groups excluding tert-OH is 1. The molecule has 94 valence electrons. The maximum absolute atomic E-state index is 11.0. The molecule has 0 bridgehead atoms. The molecule has 0 aromatic heterocycles. The highest BCUT2D eigenvalue weighted by Gasteiger charge is 2.08. The van der Waals surface area contributed by atoms with Crippen molar-refractivity contribution in [1.29, 1.82) is 0 Å². The molecule has 1 aromatic carbocycles. The van der Waals surface area contributed by atoms with Crippen LogP contribution >= 0.6 is 0 Å². The Bertz CT molecular complexity index is 343. The predicted molar refractivity (Wildman–Crippen MR) is 66.9 cm³/mol. The fraction of sp³-hybridized carbons (Fsp3) is 0.500. The zero-order valence-electron chi connectivity index (χ0n) is 10.5. The van der Waals surface area contributed by atoms with Gasteiger partial charge in [-0.1, -0.05) is 38.1 Å². The summed E-state index contributed by atoms with van der Waals surface area (Å²) in [6, 6.07) is 8.05. The molecule has 0 radical (unpaired) electrons. The lowest BCUT2D eigenvalue weighted by Gasteiger charge is -2.12. The number of ether oxygens (including phenoxy) is 1. The first-order chi connectivity index (χ1) is 8.17. The van der Waals surface area contributed by atoms with E-state index in [-0.39, 0.29) is 18.5 Å². The summed E-state index contributed by atoms with van der Waals surface area (Å²) >= 11 is 0. The molecular formula is C14H20O3. The molecule has 3 heteroatoms. The Morgan fingerprint density at radius 1 is 1.35 bits per heavy atom. The van der Waals surface area contributed by atoms with Gasteiger partial charge in [0.1, 0.15) is 0 Å². The van der Waals surface area contributed by atoms with Gasteiger partial charge < -0.3 is 9.84 Å². The van der Waals surface area contributed by atoms with Crippen molar-refractivity contribution in [3.63, 3.8) is 0 Å². The molecule has 0 aliphatic rings. The third-order valence-corrected chi connectivity index (χ3v) is 2.73. The molecule has 0 saturated carbocycles. The molecule has 3 nitrogen and oxygen atoms in total.